The third-order valence-corrected chi connectivity index (χ3v) is 6.38. The van der Waals surface area contributed by atoms with E-state index >= 15 is 0 Å². The van der Waals surface area contributed by atoms with Gasteiger partial charge in [-0.1, -0.05) is 13.8 Å². The number of hydrogen-bond donors (Lipinski definition) is 4. The molecule has 2 unspecified atom stereocenters. The molecule has 2 aromatic carbocycles. The summed E-state index contributed by atoms with van der Waals surface area (Å²) in [5.74, 6) is -2.79. The van der Waals surface area contributed by atoms with Gasteiger partial charge in [0.25, 0.3) is 11.8 Å². The lowest BCUT2D eigenvalue weighted by Gasteiger charge is -2.33. The van der Waals surface area contributed by atoms with E-state index in [0.29, 0.717) is 37.3 Å². The first-order chi connectivity index (χ1) is 18.1. The van der Waals surface area contributed by atoms with Gasteiger partial charge in [-0.15, -0.1) is 0 Å². The van der Waals surface area contributed by atoms with Crippen LogP contribution >= 0.6 is 0 Å². The van der Waals surface area contributed by atoms with Gasteiger partial charge in [0.05, 0.1) is 12.1 Å². The zero-order valence-corrected chi connectivity index (χ0v) is 22.0. The number of nitrogens with one attached hydrogen (secondary N) is 3. The molecular formula is C28H36F2N4O4. The van der Waals surface area contributed by atoms with Gasteiger partial charge in [-0.2, -0.15) is 0 Å². The molecule has 0 radical (unpaired) electrons. The van der Waals surface area contributed by atoms with Gasteiger partial charge in [-0.05, 0) is 67.6 Å². The molecule has 206 valence electrons. The molecule has 1 aliphatic heterocycles. The molecule has 0 bridgehead atoms. The molecule has 4 N–H and O–H groups in total. The smallest absolute Gasteiger partial charge is 0.253 e. The number of carbonyl (C=O) groups excluding carboxylic acids is 3. The number of aliphatic hydroxyl groups excluding tert-OH is 1. The summed E-state index contributed by atoms with van der Waals surface area (Å²) in [4.78, 5) is 40.7. The molecule has 0 saturated carbocycles. The van der Waals surface area contributed by atoms with Gasteiger partial charge in [0, 0.05) is 43.4 Å². The fraction of sp³-hybridized carbons (Fsp3) is 0.464. The van der Waals surface area contributed by atoms with E-state index in [4.69, 9.17) is 0 Å². The topological polar surface area (TPSA) is 111 Å². The number of aliphatic hydroxyl groups is 1. The molecule has 0 aliphatic carbocycles. The molecule has 0 aromatic heterocycles. The fourth-order valence-corrected chi connectivity index (χ4v) is 4.69. The Morgan fingerprint density at radius 1 is 1.03 bits per heavy atom. The predicted octanol–water partition coefficient (Wildman–Crippen LogP) is 2.33. The monoisotopic (exact) mass is 530 g/mol. The van der Waals surface area contributed by atoms with Crippen LogP contribution in [0.25, 0.3) is 0 Å². The minimum absolute atomic E-state index is 0.134. The molecule has 2 aromatic rings. The van der Waals surface area contributed by atoms with E-state index in [1.807, 2.05) is 13.8 Å². The van der Waals surface area contributed by atoms with Gasteiger partial charge in [0.1, 0.15) is 17.7 Å². The van der Waals surface area contributed by atoms with Gasteiger partial charge < -0.3 is 26.0 Å². The van der Waals surface area contributed by atoms with Crippen LogP contribution in [0.15, 0.2) is 36.4 Å². The first kappa shape index (κ1) is 29.2. The maximum Gasteiger partial charge on any atom is 0.253 e. The van der Waals surface area contributed by atoms with Crippen LogP contribution in [0.5, 0.6) is 0 Å². The maximum atomic E-state index is 13.9. The van der Waals surface area contributed by atoms with Crippen molar-refractivity contribution in [3.63, 3.8) is 0 Å². The Hall–Kier alpha value is -3.37. The molecule has 1 fully saturated rings. The highest BCUT2D eigenvalue weighted by atomic mass is 19.1. The molecule has 0 spiro atoms. The molecule has 3 rings (SSSR count). The summed E-state index contributed by atoms with van der Waals surface area (Å²) in [6.07, 6.45) is 0.0638. The van der Waals surface area contributed by atoms with E-state index in [1.165, 1.54) is 6.07 Å². The Balaban J connectivity index is 1.89. The second-order valence-corrected chi connectivity index (χ2v) is 9.66. The van der Waals surface area contributed by atoms with Crippen molar-refractivity contribution in [2.75, 3.05) is 26.2 Å². The van der Waals surface area contributed by atoms with Crippen LogP contribution in [0.4, 0.5) is 8.78 Å². The minimum atomic E-state index is -1.40. The molecule has 3 atom stereocenters. The third kappa shape index (κ3) is 7.58. The first-order valence-corrected chi connectivity index (χ1v) is 13.0. The third-order valence-electron chi connectivity index (χ3n) is 6.38. The summed E-state index contributed by atoms with van der Waals surface area (Å²) in [5.41, 5.74) is 1.48. The van der Waals surface area contributed by atoms with E-state index in [-0.39, 0.29) is 23.5 Å². The maximum absolute atomic E-state index is 13.9. The Morgan fingerprint density at radius 2 is 1.66 bits per heavy atom. The van der Waals surface area contributed by atoms with Gasteiger partial charge in [0.15, 0.2) is 0 Å². The van der Waals surface area contributed by atoms with Crippen molar-refractivity contribution < 1.29 is 28.3 Å². The van der Waals surface area contributed by atoms with Crippen molar-refractivity contribution in [3.05, 3.63) is 70.3 Å². The summed E-state index contributed by atoms with van der Waals surface area (Å²) >= 11 is 0. The zero-order chi connectivity index (χ0) is 27.8. The van der Waals surface area contributed by atoms with Crippen LogP contribution in [-0.2, 0) is 11.2 Å². The molecule has 1 heterocycles. The normalized spacial score (nSPS) is 16.9. The Bertz CT molecular complexity index is 1130. The van der Waals surface area contributed by atoms with E-state index in [0.717, 1.165) is 31.0 Å². The van der Waals surface area contributed by atoms with Crippen molar-refractivity contribution >= 4 is 17.7 Å². The van der Waals surface area contributed by atoms with Crippen molar-refractivity contribution in [3.8, 4) is 0 Å². The second-order valence-electron chi connectivity index (χ2n) is 9.66. The van der Waals surface area contributed by atoms with E-state index in [1.54, 1.807) is 24.0 Å². The van der Waals surface area contributed by atoms with Gasteiger partial charge >= 0.3 is 0 Å². The number of amides is 3. The highest BCUT2D eigenvalue weighted by Gasteiger charge is 2.35. The predicted molar refractivity (Wildman–Crippen MR) is 140 cm³/mol. The Morgan fingerprint density at radius 3 is 2.26 bits per heavy atom. The minimum Gasteiger partial charge on any atom is -0.389 e. The molecule has 10 heteroatoms. The summed E-state index contributed by atoms with van der Waals surface area (Å²) in [5, 5.41) is 19.4. The summed E-state index contributed by atoms with van der Waals surface area (Å²) in [6.45, 7) is 7.74. The lowest BCUT2D eigenvalue weighted by molar-refractivity contribution is -0.127. The highest BCUT2D eigenvalue weighted by Crippen LogP contribution is 2.17. The SMILES string of the molecule is CCCN(CCC)C(=O)c1cc(C)cc(C(=O)NC(Cc2cc(F)cc(F)c2)[C@H](O)C2NCCNC2=O)c1. The van der Waals surface area contributed by atoms with Crippen LogP contribution in [-0.4, -0.2) is 72.1 Å². The Kier molecular flexibility index (Phi) is 10.3. The number of aryl methyl sites for hydroxylation is 1. The first-order valence-electron chi connectivity index (χ1n) is 13.0. The number of rotatable bonds is 11. The van der Waals surface area contributed by atoms with Gasteiger partial charge in [0.2, 0.25) is 5.91 Å². The van der Waals surface area contributed by atoms with E-state index in [2.05, 4.69) is 16.0 Å². The van der Waals surface area contributed by atoms with Crippen LogP contribution in [0, 0.1) is 18.6 Å². The van der Waals surface area contributed by atoms with E-state index in [9.17, 15) is 28.3 Å². The largest absolute Gasteiger partial charge is 0.389 e. The molecule has 1 saturated heterocycles. The van der Waals surface area contributed by atoms with Crippen LogP contribution in [0.2, 0.25) is 0 Å². The molecule has 1 aliphatic rings. The number of hydrogen-bond acceptors (Lipinski definition) is 5. The average Bonchev–Trinajstić information content (AvgIpc) is 2.86. The summed E-state index contributed by atoms with van der Waals surface area (Å²) in [6, 6.07) is 5.70. The average molecular weight is 531 g/mol. The highest BCUT2D eigenvalue weighted by molar-refractivity contribution is 6.00. The summed E-state index contributed by atoms with van der Waals surface area (Å²) < 4.78 is 27.7. The fourth-order valence-electron chi connectivity index (χ4n) is 4.69. The molecular weight excluding hydrogens is 494 g/mol. The Labute approximate surface area is 221 Å². The number of nitrogens with zero attached hydrogens (tertiary/aromatic N) is 1. The van der Waals surface area contributed by atoms with Crippen molar-refractivity contribution in [2.24, 2.45) is 0 Å². The number of halogens is 2. The van der Waals surface area contributed by atoms with Crippen molar-refractivity contribution in [1.29, 1.82) is 0 Å². The lowest BCUT2D eigenvalue weighted by Crippen LogP contribution is -2.63. The lowest BCUT2D eigenvalue weighted by atomic mass is 9.94. The van der Waals surface area contributed by atoms with Gasteiger partial charge in [-0.3, -0.25) is 14.4 Å². The molecule has 3 amide bonds. The van der Waals surface area contributed by atoms with Crippen LogP contribution in [0.1, 0.15) is 58.5 Å². The van der Waals surface area contributed by atoms with Crippen molar-refractivity contribution in [2.45, 2.75) is 58.2 Å². The number of piperazine rings is 1. The summed E-state index contributed by atoms with van der Waals surface area (Å²) in [7, 11) is 0. The zero-order valence-electron chi connectivity index (χ0n) is 22.0. The number of benzene rings is 2. The molecule has 38 heavy (non-hydrogen) atoms. The van der Waals surface area contributed by atoms with Crippen LogP contribution in [0.3, 0.4) is 0 Å². The van der Waals surface area contributed by atoms with Gasteiger partial charge in [-0.25, -0.2) is 8.78 Å². The van der Waals surface area contributed by atoms with Crippen LogP contribution < -0.4 is 16.0 Å². The second kappa shape index (κ2) is 13.4. The van der Waals surface area contributed by atoms with E-state index < -0.39 is 41.6 Å². The molecule has 8 nitrogen and oxygen atoms in total. The standard InChI is InChI=1S/C28H36F2N4O4/c1-4-8-34(9-5-2)28(38)20-11-17(3)10-19(15-20)26(36)33-23(14-18-12-21(29)16-22(30)13-18)25(35)24-27(37)32-7-6-31-24/h10-13,15-16,23-25,31,35H,4-9,14H2,1-3H3,(H,32,37)(H,33,36)/t23?,24?,25-/m0/s1. The number of carbonyl (C=O) groups is 3. The quantitative estimate of drug-likeness (QED) is 0.357. The van der Waals surface area contributed by atoms with Crippen molar-refractivity contribution in [1.82, 2.24) is 20.9 Å².